The average Bonchev–Trinajstić information content (AvgIpc) is 2.52. The number of ether oxygens (including phenoxy) is 2. The van der Waals surface area contributed by atoms with Crippen molar-refractivity contribution in [3.8, 4) is 11.5 Å². The van der Waals surface area contributed by atoms with Gasteiger partial charge in [0.1, 0.15) is 11.5 Å². The second-order valence-electron chi connectivity index (χ2n) is 6.41. The summed E-state index contributed by atoms with van der Waals surface area (Å²) in [6, 6.07) is 5.48. The summed E-state index contributed by atoms with van der Waals surface area (Å²) in [4.78, 5) is 12.4. The Bertz CT molecular complexity index is 512. The standard InChI is InChI=1S/C17H26N2O3.ClH/c1-17(2)6-5-7-18-15(17)11-19-16(20)12-8-13(21-3)10-14(9-12)22-4;/h8-10,15,18H,5-7,11H2,1-4H3,(H,19,20);1H. The van der Waals surface area contributed by atoms with Crippen LogP contribution >= 0.6 is 12.4 Å². The number of carbonyl (C=O) groups excluding carboxylic acids is 1. The lowest BCUT2D eigenvalue weighted by Crippen LogP contribution is -2.52. The molecule has 2 N–H and O–H groups in total. The highest BCUT2D eigenvalue weighted by molar-refractivity contribution is 5.95. The van der Waals surface area contributed by atoms with Crippen molar-refractivity contribution < 1.29 is 14.3 Å². The molecule has 23 heavy (non-hydrogen) atoms. The van der Waals surface area contributed by atoms with Crippen molar-refractivity contribution in [1.82, 2.24) is 10.6 Å². The van der Waals surface area contributed by atoms with Crippen molar-refractivity contribution in [3.05, 3.63) is 23.8 Å². The topological polar surface area (TPSA) is 59.6 Å². The number of methoxy groups -OCH3 is 2. The van der Waals surface area contributed by atoms with E-state index in [9.17, 15) is 4.79 Å². The molecule has 1 aliphatic heterocycles. The van der Waals surface area contributed by atoms with E-state index in [-0.39, 0.29) is 29.8 Å². The number of piperidine rings is 1. The van der Waals surface area contributed by atoms with Crippen LogP contribution in [0.4, 0.5) is 0 Å². The van der Waals surface area contributed by atoms with E-state index in [1.54, 1.807) is 32.4 Å². The molecule has 1 aliphatic rings. The van der Waals surface area contributed by atoms with Crippen LogP contribution in [0.3, 0.4) is 0 Å². The van der Waals surface area contributed by atoms with E-state index in [1.807, 2.05) is 0 Å². The molecule has 2 rings (SSSR count). The Labute approximate surface area is 144 Å². The molecule has 0 aromatic heterocycles. The Morgan fingerprint density at radius 3 is 2.39 bits per heavy atom. The van der Waals surface area contributed by atoms with Gasteiger partial charge < -0.3 is 20.1 Å². The van der Waals surface area contributed by atoms with Gasteiger partial charge in [-0.25, -0.2) is 0 Å². The molecule has 5 nitrogen and oxygen atoms in total. The predicted molar refractivity (Wildman–Crippen MR) is 93.9 cm³/mol. The van der Waals surface area contributed by atoms with E-state index in [0.717, 1.165) is 6.54 Å². The lowest BCUT2D eigenvalue weighted by Gasteiger charge is -2.39. The van der Waals surface area contributed by atoms with Gasteiger partial charge in [-0.2, -0.15) is 0 Å². The highest BCUT2D eigenvalue weighted by Gasteiger charge is 2.32. The van der Waals surface area contributed by atoms with Gasteiger partial charge in [0.2, 0.25) is 0 Å². The monoisotopic (exact) mass is 342 g/mol. The summed E-state index contributed by atoms with van der Waals surface area (Å²) in [5.74, 6) is 1.11. The van der Waals surface area contributed by atoms with Crippen LogP contribution in [0.25, 0.3) is 0 Å². The predicted octanol–water partition coefficient (Wildman–Crippen LogP) is 2.63. The van der Waals surface area contributed by atoms with Gasteiger partial charge in [-0.1, -0.05) is 13.8 Å². The van der Waals surface area contributed by atoms with Crippen LogP contribution in [0, 0.1) is 5.41 Å². The molecule has 0 saturated carbocycles. The quantitative estimate of drug-likeness (QED) is 0.863. The number of halogens is 1. The molecule has 1 fully saturated rings. The molecular weight excluding hydrogens is 316 g/mol. The molecule has 0 spiro atoms. The Balaban J connectivity index is 0.00000264. The van der Waals surface area contributed by atoms with E-state index in [2.05, 4.69) is 24.5 Å². The molecular formula is C17H27ClN2O3. The van der Waals surface area contributed by atoms with Crippen molar-refractivity contribution in [2.75, 3.05) is 27.3 Å². The van der Waals surface area contributed by atoms with Crippen molar-refractivity contribution in [3.63, 3.8) is 0 Å². The highest BCUT2D eigenvalue weighted by Crippen LogP contribution is 2.29. The minimum Gasteiger partial charge on any atom is -0.497 e. The van der Waals surface area contributed by atoms with E-state index >= 15 is 0 Å². The third kappa shape index (κ3) is 5.01. The van der Waals surface area contributed by atoms with E-state index < -0.39 is 0 Å². The van der Waals surface area contributed by atoms with Gasteiger partial charge in [0.25, 0.3) is 5.91 Å². The minimum atomic E-state index is -0.111. The molecule has 0 radical (unpaired) electrons. The third-order valence-electron chi connectivity index (χ3n) is 4.41. The van der Waals surface area contributed by atoms with Crippen molar-refractivity contribution in [1.29, 1.82) is 0 Å². The fraction of sp³-hybridized carbons (Fsp3) is 0.588. The van der Waals surface area contributed by atoms with Crippen LogP contribution in [0.1, 0.15) is 37.0 Å². The molecule has 1 saturated heterocycles. The second-order valence-corrected chi connectivity index (χ2v) is 6.41. The van der Waals surface area contributed by atoms with Crippen LogP contribution < -0.4 is 20.1 Å². The van der Waals surface area contributed by atoms with Crippen LogP contribution in [-0.4, -0.2) is 39.3 Å². The number of carbonyl (C=O) groups is 1. The molecule has 0 bridgehead atoms. The summed E-state index contributed by atoms with van der Waals surface area (Å²) >= 11 is 0. The molecule has 1 unspecified atom stereocenters. The maximum absolute atomic E-state index is 12.4. The first-order valence-electron chi connectivity index (χ1n) is 7.71. The minimum absolute atomic E-state index is 0. The van der Waals surface area contributed by atoms with Gasteiger partial charge in [0.15, 0.2) is 0 Å². The molecule has 1 aromatic carbocycles. The van der Waals surface area contributed by atoms with Crippen LogP contribution in [-0.2, 0) is 0 Å². The van der Waals surface area contributed by atoms with Crippen LogP contribution in [0.5, 0.6) is 11.5 Å². The molecule has 1 amide bonds. The molecule has 0 aliphatic carbocycles. The SMILES string of the molecule is COc1cc(OC)cc(C(=O)NCC2NCCCC2(C)C)c1.Cl. The molecule has 1 atom stereocenters. The number of hydrogen-bond donors (Lipinski definition) is 2. The maximum Gasteiger partial charge on any atom is 0.251 e. The van der Waals surface area contributed by atoms with Crippen LogP contribution in [0.15, 0.2) is 18.2 Å². The van der Waals surface area contributed by atoms with Crippen molar-refractivity contribution >= 4 is 18.3 Å². The van der Waals surface area contributed by atoms with Gasteiger partial charge in [0.05, 0.1) is 14.2 Å². The Hall–Kier alpha value is -1.46. The van der Waals surface area contributed by atoms with Crippen molar-refractivity contribution in [2.24, 2.45) is 5.41 Å². The first-order valence-corrected chi connectivity index (χ1v) is 7.71. The Morgan fingerprint density at radius 2 is 1.87 bits per heavy atom. The summed E-state index contributed by atoms with van der Waals surface area (Å²) in [5, 5.41) is 6.51. The smallest absolute Gasteiger partial charge is 0.251 e. The number of hydrogen-bond acceptors (Lipinski definition) is 4. The average molecular weight is 343 g/mol. The zero-order chi connectivity index (χ0) is 16.2. The van der Waals surface area contributed by atoms with E-state index in [4.69, 9.17) is 9.47 Å². The van der Waals surface area contributed by atoms with Gasteiger partial charge in [-0.3, -0.25) is 4.79 Å². The molecule has 1 heterocycles. The second kappa shape index (κ2) is 8.41. The zero-order valence-electron chi connectivity index (χ0n) is 14.3. The van der Waals surface area contributed by atoms with Gasteiger partial charge in [-0.05, 0) is 36.9 Å². The highest BCUT2D eigenvalue weighted by atomic mass is 35.5. The first-order chi connectivity index (χ1) is 10.5. The third-order valence-corrected chi connectivity index (χ3v) is 4.41. The lowest BCUT2D eigenvalue weighted by atomic mass is 9.77. The normalized spacial score (nSPS) is 19.4. The first kappa shape index (κ1) is 19.6. The van der Waals surface area contributed by atoms with Crippen LogP contribution in [0.2, 0.25) is 0 Å². The molecule has 6 heteroatoms. The Kier molecular flexibility index (Phi) is 7.16. The Morgan fingerprint density at radius 1 is 1.26 bits per heavy atom. The summed E-state index contributed by atoms with van der Waals surface area (Å²) in [7, 11) is 3.15. The number of benzene rings is 1. The summed E-state index contributed by atoms with van der Waals surface area (Å²) in [5.41, 5.74) is 0.738. The maximum atomic E-state index is 12.4. The summed E-state index contributed by atoms with van der Waals surface area (Å²) in [6.45, 7) is 6.11. The zero-order valence-corrected chi connectivity index (χ0v) is 15.1. The fourth-order valence-corrected chi connectivity index (χ4v) is 2.85. The largest absolute Gasteiger partial charge is 0.497 e. The summed E-state index contributed by atoms with van der Waals surface area (Å²) in [6.07, 6.45) is 2.36. The van der Waals surface area contributed by atoms with Gasteiger partial charge >= 0.3 is 0 Å². The lowest BCUT2D eigenvalue weighted by molar-refractivity contribution is 0.0928. The number of amides is 1. The van der Waals surface area contributed by atoms with E-state index in [1.165, 1.54) is 12.8 Å². The van der Waals surface area contributed by atoms with Gasteiger partial charge in [0, 0.05) is 24.2 Å². The summed E-state index contributed by atoms with van der Waals surface area (Å²) < 4.78 is 10.4. The molecule has 130 valence electrons. The molecule has 1 aromatic rings. The van der Waals surface area contributed by atoms with Gasteiger partial charge in [-0.15, -0.1) is 12.4 Å². The fourth-order valence-electron chi connectivity index (χ4n) is 2.85. The number of rotatable bonds is 5. The number of nitrogens with one attached hydrogen (secondary N) is 2. The van der Waals surface area contributed by atoms with Crippen molar-refractivity contribution in [2.45, 2.75) is 32.7 Å². The van der Waals surface area contributed by atoms with E-state index in [0.29, 0.717) is 23.6 Å².